The predicted molar refractivity (Wildman–Crippen MR) is 184 cm³/mol. The number of benzene rings is 2. The Morgan fingerprint density at radius 3 is 2.49 bits per heavy atom. The number of nitrogens with zero attached hydrogens (tertiary/aromatic N) is 2. The summed E-state index contributed by atoms with van der Waals surface area (Å²) in [5.74, 6) is -3.66. The smallest absolute Gasteiger partial charge is 0.313 e. The molecule has 1 spiro atoms. The number of likely N-dealkylation sites (tertiary alicyclic amines) is 1. The summed E-state index contributed by atoms with van der Waals surface area (Å²) in [7, 11) is 0. The van der Waals surface area contributed by atoms with Gasteiger partial charge in [0.15, 0.2) is 0 Å². The van der Waals surface area contributed by atoms with E-state index in [1.54, 1.807) is 30.1 Å². The van der Waals surface area contributed by atoms with Gasteiger partial charge in [0, 0.05) is 18.7 Å². The molecule has 0 radical (unpaired) electrons. The van der Waals surface area contributed by atoms with Crippen molar-refractivity contribution >= 4 is 29.4 Å². The molecule has 2 N–H and O–H groups in total. The molecule has 0 saturated carbocycles. The van der Waals surface area contributed by atoms with Crippen molar-refractivity contribution in [1.29, 1.82) is 0 Å². The SMILES string of the molecule is Cc1ccc(C)c(N2CC=C[C@@]34O[C@H]5/C=C\CCC(=O)N[C@@H](C)[C@H](c6ccccc6)OC(=O)[C@H]5[C@@H]3C(=O)N([C@@H](CO)CC(C)C)[C@H]4C2=O)c1. The third kappa shape index (κ3) is 6.32. The molecule has 260 valence electrons. The first-order valence-electron chi connectivity index (χ1n) is 17.4. The highest BCUT2D eigenvalue weighted by atomic mass is 16.6. The van der Waals surface area contributed by atoms with Gasteiger partial charge in [0.2, 0.25) is 11.8 Å². The quantitative estimate of drug-likeness (QED) is 0.347. The van der Waals surface area contributed by atoms with Gasteiger partial charge in [0.25, 0.3) is 5.91 Å². The number of esters is 1. The summed E-state index contributed by atoms with van der Waals surface area (Å²) in [6.45, 7) is 9.59. The highest BCUT2D eigenvalue weighted by Gasteiger charge is 2.72. The maximum atomic E-state index is 15.0. The Labute approximate surface area is 288 Å². The normalized spacial score (nSPS) is 31.6. The Kier molecular flexibility index (Phi) is 9.82. The standard InChI is InChI=1S/C39H47N3O7/c1-23(2)20-28(22-43)42-35-37(46)41(29-21-24(3)16-17-25(29)4)19-11-18-39(35)33(36(42)45)32-30(49-39)14-9-10-15-31(44)40-26(5)34(48-38(32)47)27-12-7-6-8-13-27/h6-9,11-14,16-18,21,23,26,28,30,32-35,43H,10,15,19-20,22H2,1-5H3,(H,40,44)/b14-9-/t26-,28+,30-,32+,33+,34+,35-,39+/m0/s1. The molecule has 0 aromatic heterocycles. The van der Waals surface area contributed by atoms with Crippen molar-refractivity contribution in [1.82, 2.24) is 10.2 Å². The van der Waals surface area contributed by atoms with Gasteiger partial charge in [-0.3, -0.25) is 19.2 Å². The lowest BCUT2D eigenvalue weighted by Gasteiger charge is -2.39. The van der Waals surface area contributed by atoms with Crippen molar-refractivity contribution in [2.75, 3.05) is 18.1 Å². The maximum absolute atomic E-state index is 15.0. The molecule has 0 unspecified atom stereocenters. The lowest BCUT2D eigenvalue weighted by Crippen LogP contribution is -2.58. The first kappa shape index (κ1) is 34.6. The zero-order valence-electron chi connectivity index (χ0n) is 28.9. The first-order chi connectivity index (χ1) is 23.5. The fraction of sp³-hybridized carbons (Fsp3) is 0.487. The Hall–Kier alpha value is -4.28. The number of amides is 3. The Bertz CT molecular complexity index is 1650. The number of cyclic esters (lactones) is 1. The van der Waals surface area contributed by atoms with Crippen LogP contribution in [0.5, 0.6) is 0 Å². The summed E-state index contributed by atoms with van der Waals surface area (Å²) in [5.41, 5.74) is 1.81. The second-order valence-electron chi connectivity index (χ2n) is 14.3. The Balaban J connectivity index is 1.48. The van der Waals surface area contributed by atoms with E-state index in [1.165, 1.54) is 4.90 Å². The molecule has 6 rings (SSSR count). The number of carbonyl (C=O) groups excluding carboxylic acids is 4. The number of hydrogen-bond acceptors (Lipinski definition) is 7. The van der Waals surface area contributed by atoms with Gasteiger partial charge in [0.1, 0.15) is 23.7 Å². The number of ether oxygens (including phenoxy) is 2. The van der Waals surface area contributed by atoms with Crippen LogP contribution in [-0.4, -0.2) is 76.7 Å². The van der Waals surface area contributed by atoms with E-state index < -0.39 is 59.6 Å². The van der Waals surface area contributed by atoms with E-state index in [-0.39, 0.29) is 37.3 Å². The fourth-order valence-corrected chi connectivity index (χ4v) is 8.08. The van der Waals surface area contributed by atoms with Crippen LogP contribution < -0.4 is 10.2 Å². The number of nitrogens with one attached hydrogen (secondary N) is 1. The van der Waals surface area contributed by atoms with Crippen LogP contribution in [0.3, 0.4) is 0 Å². The lowest BCUT2D eigenvalue weighted by molar-refractivity contribution is -0.162. The second kappa shape index (κ2) is 13.9. The summed E-state index contributed by atoms with van der Waals surface area (Å²) < 4.78 is 13.1. The molecule has 0 bridgehead atoms. The van der Waals surface area contributed by atoms with Crippen molar-refractivity contribution in [3.63, 3.8) is 0 Å². The highest BCUT2D eigenvalue weighted by Crippen LogP contribution is 2.54. The number of hydrogen-bond donors (Lipinski definition) is 2. The van der Waals surface area contributed by atoms with Crippen molar-refractivity contribution in [3.8, 4) is 0 Å². The number of aliphatic hydroxyl groups excluding tert-OH is 1. The topological polar surface area (TPSA) is 125 Å². The monoisotopic (exact) mass is 669 g/mol. The van der Waals surface area contributed by atoms with E-state index in [1.807, 2.05) is 82.3 Å². The number of aryl methyl sites for hydroxylation is 2. The molecular weight excluding hydrogens is 622 g/mol. The summed E-state index contributed by atoms with van der Waals surface area (Å²) in [6, 6.07) is 12.7. The molecule has 2 saturated heterocycles. The number of fused-ring (bicyclic) bond motifs is 2. The molecule has 4 heterocycles. The van der Waals surface area contributed by atoms with Gasteiger partial charge < -0.3 is 29.7 Å². The van der Waals surface area contributed by atoms with Crippen molar-refractivity contribution < 1.29 is 33.8 Å². The zero-order valence-corrected chi connectivity index (χ0v) is 28.9. The van der Waals surface area contributed by atoms with Crippen LogP contribution in [0.2, 0.25) is 0 Å². The second-order valence-corrected chi connectivity index (χ2v) is 14.3. The Morgan fingerprint density at radius 2 is 1.78 bits per heavy atom. The molecule has 10 heteroatoms. The van der Waals surface area contributed by atoms with Gasteiger partial charge in [-0.15, -0.1) is 0 Å². The molecule has 2 fully saturated rings. The van der Waals surface area contributed by atoms with Crippen molar-refractivity contribution in [2.45, 2.75) is 89.8 Å². The van der Waals surface area contributed by atoms with Crippen LogP contribution in [0, 0.1) is 31.6 Å². The molecule has 2 aromatic rings. The molecule has 2 aromatic carbocycles. The molecule has 4 aliphatic rings. The largest absolute Gasteiger partial charge is 0.455 e. The number of rotatable bonds is 6. The molecule has 3 amide bonds. The van der Waals surface area contributed by atoms with Crippen molar-refractivity contribution in [3.05, 3.63) is 89.5 Å². The van der Waals surface area contributed by atoms with Gasteiger partial charge in [-0.1, -0.05) is 80.6 Å². The summed E-state index contributed by atoms with van der Waals surface area (Å²) in [6.07, 6.45) is 6.49. The zero-order chi connectivity index (χ0) is 35.0. The molecule has 10 nitrogen and oxygen atoms in total. The summed E-state index contributed by atoms with van der Waals surface area (Å²) in [5, 5.41) is 13.7. The summed E-state index contributed by atoms with van der Waals surface area (Å²) >= 11 is 0. The van der Waals surface area contributed by atoms with E-state index in [4.69, 9.17) is 9.47 Å². The van der Waals surface area contributed by atoms with Crippen LogP contribution in [0.1, 0.15) is 62.8 Å². The predicted octanol–water partition coefficient (Wildman–Crippen LogP) is 4.33. The molecule has 49 heavy (non-hydrogen) atoms. The minimum Gasteiger partial charge on any atom is -0.455 e. The van der Waals surface area contributed by atoms with Crippen LogP contribution in [-0.2, 0) is 28.7 Å². The lowest BCUT2D eigenvalue weighted by atomic mass is 9.77. The van der Waals surface area contributed by atoms with Crippen molar-refractivity contribution in [2.24, 2.45) is 17.8 Å². The summed E-state index contributed by atoms with van der Waals surface area (Å²) in [4.78, 5) is 60.5. The molecule has 4 aliphatic heterocycles. The third-order valence-corrected chi connectivity index (χ3v) is 10.3. The van der Waals surface area contributed by atoms with Gasteiger partial charge in [-0.2, -0.15) is 0 Å². The average Bonchev–Trinajstić information content (AvgIpc) is 3.46. The van der Waals surface area contributed by atoms with E-state index in [0.717, 1.165) is 16.8 Å². The van der Waals surface area contributed by atoms with E-state index in [9.17, 15) is 24.3 Å². The molecule has 8 atom stereocenters. The van der Waals surface area contributed by atoms with Crippen LogP contribution in [0.4, 0.5) is 5.69 Å². The van der Waals surface area contributed by atoms with Crippen LogP contribution >= 0.6 is 0 Å². The van der Waals surface area contributed by atoms with Gasteiger partial charge in [-0.05, 0) is 62.3 Å². The van der Waals surface area contributed by atoms with Gasteiger partial charge in [-0.25, -0.2) is 0 Å². The van der Waals surface area contributed by atoms with E-state index >= 15 is 0 Å². The third-order valence-electron chi connectivity index (χ3n) is 10.3. The van der Waals surface area contributed by atoms with E-state index in [0.29, 0.717) is 18.4 Å². The van der Waals surface area contributed by atoms with Crippen LogP contribution in [0.15, 0.2) is 72.8 Å². The minimum atomic E-state index is -1.51. The van der Waals surface area contributed by atoms with E-state index in [2.05, 4.69) is 5.32 Å². The Morgan fingerprint density at radius 1 is 1.02 bits per heavy atom. The number of aliphatic hydroxyl groups is 1. The van der Waals surface area contributed by atoms with Crippen LogP contribution in [0.25, 0.3) is 0 Å². The van der Waals surface area contributed by atoms with Gasteiger partial charge >= 0.3 is 5.97 Å². The first-order valence-corrected chi connectivity index (χ1v) is 17.4. The minimum absolute atomic E-state index is 0.110. The number of carbonyl (C=O) groups is 4. The van der Waals surface area contributed by atoms with Gasteiger partial charge in [0.05, 0.1) is 30.7 Å². The molecular formula is C39H47N3O7. The average molecular weight is 670 g/mol. The number of allylic oxidation sites excluding steroid dienone is 1. The highest BCUT2D eigenvalue weighted by molar-refractivity contribution is 6.06. The maximum Gasteiger partial charge on any atom is 0.313 e. The number of anilines is 1. The molecule has 0 aliphatic carbocycles. The fourth-order valence-electron chi connectivity index (χ4n) is 8.08.